The molecule has 1 saturated heterocycles. The third-order valence-electron chi connectivity index (χ3n) is 5.18. The summed E-state index contributed by atoms with van der Waals surface area (Å²) in [4.78, 5) is 19.6. The fourth-order valence-corrected chi connectivity index (χ4v) is 4.72. The van der Waals surface area contributed by atoms with Crippen LogP contribution >= 0.6 is 22.9 Å². The number of thiazole rings is 1. The molecule has 1 amide bonds. The Morgan fingerprint density at radius 3 is 2.72 bits per heavy atom. The maximum atomic E-state index is 12.5. The van der Waals surface area contributed by atoms with E-state index >= 15 is 0 Å². The molecule has 4 rings (SSSR count). The van der Waals surface area contributed by atoms with Crippen molar-refractivity contribution in [2.45, 2.75) is 26.3 Å². The lowest BCUT2D eigenvalue weighted by atomic mass is 9.96. The molecule has 152 valence electrons. The van der Waals surface area contributed by atoms with Crippen LogP contribution in [0.3, 0.4) is 0 Å². The highest BCUT2D eigenvalue weighted by molar-refractivity contribution is 7.22. The minimum Gasteiger partial charge on any atom is -0.494 e. The van der Waals surface area contributed by atoms with Gasteiger partial charge in [-0.15, -0.1) is 0 Å². The highest BCUT2D eigenvalue weighted by atomic mass is 35.5. The predicted octanol–water partition coefficient (Wildman–Crippen LogP) is 4.88. The zero-order valence-electron chi connectivity index (χ0n) is 16.4. The number of nitrogens with one attached hydrogen (secondary N) is 1. The van der Waals surface area contributed by atoms with Gasteiger partial charge in [0.25, 0.3) is 0 Å². The maximum Gasteiger partial charge on any atom is 0.223 e. The number of carbonyl (C=O) groups is 1. The van der Waals surface area contributed by atoms with Crippen LogP contribution in [0, 0.1) is 5.92 Å². The molecule has 1 aliphatic rings. The molecule has 1 aromatic heterocycles. The Morgan fingerprint density at radius 2 is 2.00 bits per heavy atom. The van der Waals surface area contributed by atoms with E-state index in [2.05, 4.69) is 16.3 Å². The smallest absolute Gasteiger partial charge is 0.223 e. The lowest BCUT2D eigenvalue weighted by Crippen LogP contribution is -2.40. The van der Waals surface area contributed by atoms with Crippen molar-refractivity contribution in [3.63, 3.8) is 0 Å². The zero-order valence-corrected chi connectivity index (χ0v) is 17.9. The highest BCUT2D eigenvalue weighted by Crippen LogP contribution is 2.33. The van der Waals surface area contributed by atoms with E-state index in [1.165, 1.54) is 0 Å². The van der Waals surface area contributed by atoms with E-state index in [4.69, 9.17) is 21.3 Å². The van der Waals surface area contributed by atoms with Crippen LogP contribution in [0.1, 0.15) is 25.3 Å². The lowest BCUT2D eigenvalue weighted by molar-refractivity contribution is -0.125. The number of amides is 1. The van der Waals surface area contributed by atoms with Crippen LogP contribution in [0.4, 0.5) is 5.13 Å². The van der Waals surface area contributed by atoms with Crippen LogP contribution in [0.5, 0.6) is 5.75 Å². The standard InChI is InChI=1S/C22H24ClN3O2S/c1-2-28-18-7-8-19-20(13-18)29-22(25-19)26-11-9-16(10-12-26)21(27)24-14-15-3-5-17(23)6-4-15/h3-8,13,16H,2,9-12,14H2,1H3,(H,24,27). The summed E-state index contributed by atoms with van der Waals surface area (Å²) in [5, 5.41) is 4.78. The summed E-state index contributed by atoms with van der Waals surface area (Å²) in [6.07, 6.45) is 1.68. The minimum absolute atomic E-state index is 0.0532. The first-order chi connectivity index (χ1) is 14.1. The van der Waals surface area contributed by atoms with Gasteiger partial charge in [-0.25, -0.2) is 4.98 Å². The molecule has 2 aromatic carbocycles. The Hall–Kier alpha value is -2.31. The monoisotopic (exact) mass is 429 g/mol. The van der Waals surface area contributed by atoms with Gasteiger partial charge in [0.1, 0.15) is 5.75 Å². The molecule has 0 bridgehead atoms. The molecule has 0 unspecified atom stereocenters. The van der Waals surface area contributed by atoms with E-state index in [1.807, 2.05) is 43.3 Å². The average molecular weight is 430 g/mol. The highest BCUT2D eigenvalue weighted by Gasteiger charge is 2.26. The van der Waals surface area contributed by atoms with Gasteiger partial charge in [-0.1, -0.05) is 35.1 Å². The van der Waals surface area contributed by atoms with Gasteiger partial charge in [0, 0.05) is 30.6 Å². The van der Waals surface area contributed by atoms with Crippen LogP contribution < -0.4 is 15.0 Å². The second-order valence-electron chi connectivity index (χ2n) is 7.16. The number of halogens is 1. The zero-order chi connectivity index (χ0) is 20.2. The fourth-order valence-electron chi connectivity index (χ4n) is 3.55. The number of fused-ring (bicyclic) bond motifs is 1. The van der Waals surface area contributed by atoms with Crippen molar-refractivity contribution >= 4 is 44.2 Å². The van der Waals surface area contributed by atoms with Gasteiger partial charge in [-0.3, -0.25) is 4.79 Å². The number of rotatable bonds is 6. The quantitative estimate of drug-likeness (QED) is 0.606. The molecule has 3 aromatic rings. The summed E-state index contributed by atoms with van der Waals surface area (Å²) in [6, 6.07) is 13.6. The van der Waals surface area contributed by atoms with Crippen LogP contribution in [0.2, 0.25) is 5.02 Å². The average Bonchev–Trinajstić information content (AvgIpc) is 3.17. The van der Waals surface area contributed by atoms with Crippen molar-refractivity contribution in [3.05, 3.63) is 53.1 Å². The van der Waals surface area contributed by atoms with Crippen molar-refractivity contribution in [2.75, 3.05) is 24.6 Å². The Balaban J connectivity index is 1.32. The summed E-state index contributed by atoms with van der Waals surface area (Å²) in [7, 11) is 0. The summed E-state index contributed by atoms with van der Waals surface area (Å²) in [5.41, 5.74) is 2.05. The normalized spacial score (nSPS) is 14.9. The Morgan fingerprint density at radius 1 is 1.24 bits per heavy atom. The van der Waals surface area contributed by atoms with Gasteiger partial charge in [0.15, 0.2) is 5.13 Å². The van der Waals surface area contributed by atoms with Crippen molar-refractivity contribution in [3.8, 4) is 5.75 Å². The molecule has 7 heteroatoms. The molecule has 5 nitrogen and oxygen atoms in total. The topological polar surface area (TPSA) is 54.5 Å². The molecule has 1 fully saturated rings. The van der Waals surface area contributed by atoms with Crippen molar-refractivity contribution < 1.29 is 9.53 Å². The van der Waals surface area contributed by atoms with E-state index in [-0.39, 0.29) is 11.8 Å². The van der Waals surface area contributed by atoms with E-state index < -0.39 is 0 Å². The third kappa shape index (κ3) is 4.82. The van der Waals surface area contributed by atoms with Crippen LogP contribution in [0.15, 0.2) is 42.5 Å². The number of anilines is 1. The molecule has 1 N–H and O–H groups in total. The first-order valence-corrected chi connectivity index (χ1v) is 11.1. The van der Waals surface area contributed by atoms with Gasteiger partial charge in [0.05, 0.1) is 16.8 Å². The summed E-state index contributed by atoms with van der Waals surface area (Å²) >= 11 is 7.59. The largest absolute Gasteiger partial charge is 0.494 e. The van der Waals surface area contributed by atoms with Gasteiger partial charge in [0.2, 0.25) is 5.91 Å². The number of hydrogen-bond donors (Lipinski definition) is 1. The third-order valence-corrected chi connectivity index (χ3v) is 6.51. The van der Waals surface area contributed by atoms with E-state index in [1.54, 1.807) is 11.3 Å². The Labute approximate surface area is 179 Å². The molecule has 2 heterocycles. The molecule has 0 atom stereocenters. The lowest BCUT2D eigenvalue weighted by Gasteiger charge is -2.31. The first kappa shape index (κ1) is 20.0. The molecular weight excluding hydrogens is 406 g/mol. The van der Waals surface area contributed by atoms with Crippen molar-refractivity contribution in [2.24, 2.45) is 5.92 Å². The molecular formula is C22H24ClN3O2S. The molecule has 29 heavy (non-hydrogen) atoms. The molecule has 1 aliphatic heterocycles. The summed E-state index contributed by atoms with van der Waals surface area (Å²) < 4.78 is 6.72. The van der Waals surface area contributed by atoms with E-state index in [0.29, 0.717) is 18.2 Å². The number of aromatic nitrogens is 1. The number of piperidine rings is 1. The van der Waals surface area contributed by atoms with Crippen LogP contribution in [-0.2, 0) is 11.3 Å². The number of nitrogens with zero attached hydrogens (tertiary/aromatic N) is 2. The molecule has 0 radical (unpaired) electrons. The minimum atomic E-state index is 0.0532. The van der Waals surface area contributed by atoms with Crippen LogP contribution in [0.25, 0.3) is 10.2 Å². The van der Waals surface area contributed by atoms with Gasteiger partial charge in [-0.05, 0) is 55.7 Å². The molecule has 0 aliphatic carbocycles. The summed E-state index contributed by atoms with van der Waals surface area (Å²) in [5.74, 6) is 1.06. The first-order valence-electron chi connectivity index (χ1n) is 9.93. The second-order valence-corrected chi connectivity index (χ2v) is 8.61. The maximum absolute atomic E-state index is 12.5. The fraction of sp³-hybridized carbons (Fsp3) is 0.364. The number of benzene rings is 2. The number of hydrogen-bond acceptors (Lipinski definition) is 5. The Bertz CT molecular complexity index is 981. The predicted molar refractivity (Wildman–Crippen MR) is 119 cm³/mol. The van der Waals surface area contributed by atoms with Gasteiger partial charge >= 0.3 is 0 Å². The van der Waals surface area contributed by atoms with E-state index in [9.17, 15) is 4.79 Å². The van der Waals surface area contributed by atoms with Gasteiger partial charge in [-0.2, -0.15) is 0 Å². The summed E-state index contributed by atoms with van der Waals surface area (Å²) in [6.45, 7) is 4.87. The SMILES string of the molecule is CCOc1ccc2nc(N3CCC(C(=O)NCc4ccc(Cl)cc4)CC3)sc2c1. The van der Waals surface area contributed by atoms with E-state index in [0.717, 1.165) is 52.6 Å². The van der Waals surface area contributed by atoms with Crippen LogP contribution in [-0.4, -0.2) is 30.6 Å². The molecule has 0 spiro atoms. The van der Waals surface area contributed by atoms with Crippen molar-refractivity contribution in [1.82, 2.24) is 10.3 Å². The second kappa shape index (κ2) is 9.01. The Kier molecular flexibility index (Phi) is 6.21. The number of ether oxygens (including phenoxy) is 1. The van der Waals surface area contributed by atoms with Crippen molar-refractivity contribution in [1.29, 1.82) is 0 Å². The molecule has 0 saturated carbocycles. The van der Waals surface area contributed by atoms with Gasteiger partial charge < -0.3 is 15.0 Å². The number of carbonyl (C=O) groups excluding carboxylic acids is 1.